The van der Waals surface area contributed by atoms with Crippen LogP contribution < -0.4 is 5.32 Å². The van der Waals surface area contributed by atoms with Gasteiger partial charge in [-0.15, -0.1) is 0 Å². The van der Waals surface area contributed by atoms with E-state index in [1.165, 1.54) is 32.2 Å². The summed E-state index contributed by atoms with van der Waals surface area (Å²) in [6.07, 6.45) is 5.51. The van der Waals surface area contributed by atoms with Crippen LogP contribution in [0.5, 0.6) is 0 Å². The average molecular weight is 185 g/mol. The maximum absolute atomic E-state index is 3.46. The van der Waals surface area contributed by atoms with E-state index in [2.05, 4.69) is 33.0 Å². The fourth-order valence-corrected chi connectivity index (χ4v) is 1.81. The minimum atomic E-state index is 0.848. The van der Waals surface area contributed by atoms with Gasteiger partial charge in [0.1, 0.15) is 0 Å². The van der Waals surface area contributed by atoms with Gasteiger partial charge in [0.05, 0.1) is 0 Å². The summed E-state index contributed by atoms with van der Waals surface area (Å²) >= 11 is 0. The van der Waals surface area contributed by atoms with E-state index in [-0.39, 0.29) is 0 Å². The number of nitrogens with one attached hydrogen (secondary N) is 1. The van der Waals surface area contributed by atoms with Crippen LogP contribution >= 0.6 is 0 Å². The lowest BCUT2D eigenvalue weighted by atomic mass is 9.92. The van der Waals surface area contributed by atoms with E-state index in [4.69, 9.17) is 0 Å². The summed E-state index contributed by atoms with van der Waals surface area (Å²) in [5.41, 5.74) is 0. The molecule has 1 atom stereocenters. The fraction of sp³-hybridized carbons (Fsp3) is 1.00. The molecular weight excluding hydrogens is 158 g/mol. The molecule has 0 heterocycles. The van der Waals surface area contributed by atoms with Gasteiger partial charge >= 0.3 is 0 Å². The van der Waals surface area contributed by atoms with Crippen molar-refractivity contribution in [1.82, 2.24) is 5.32 Å². The Hall–Kier alpha value is -0.0400. The molecule has 80 valence electrons. The van der Waals surface area contributed by atoms with Crippen LogP contribution in [-0.2, 0) is 0 Å². The topological polar surface area (TPSA) is 12.0 Å². The second kappa shape index (κ2) is 8.55. The third kappa shape index (κ3) is 8.29. The molecule has 0 saturated heterocycles. The van der Waals surface area contributed by atoms with Crippen molar-refractivity contribution in [2.75, 3.05) is 13.1 Å². The highest BCUT2D eigenvalue weighted by Gasteiger charge is 2.09. The third-order valence-electron chi connectivity index (χ3n) is 2.45. The molecule has 0 aromatic carbocycles. The van der Waals surface area contributed by atoms with Crippen molar-refractivity contribution in [1.29, 1.82) is 0 Å². The molecule has 0 aromatic heterocycles. The maximum atomic E-state index is 3.46. The minimum absolute atomic E-state index is 0.848. The Kier molecular flexibility index (Phi) is 8.53. The molecule has 1 unspecified atom stereocenters. The van der Waals surface area contributed by atoms with Gasteiger partial charge < -0.3 is 5.32 Å². The van der Waals surface area contributed by atoms with Gasteiger partial charge in [-0.25, -0.2) is 0 Å². The Bertz CT molecular complexity index is 91.3. The molecule has 0 aliphatic rings. The molecule has 0 fully saturated rings. The maximum Gasteiger partial charge on any atom is -0.00205 e. The summed E-state index contributed by atoms with van der Waals surface area (Å²) in [4.78, 5) is 0. The average Bonchev–Trinajstić information content (AvgIpc) is 2.09. The predicted molar refractivity (Wildman–Crippen MR) is 61.0 cm³/mol. The molecular formula is C12H27N. The van der Waals surface area contributed by atoms with Crippen LogP contribution in [0.4, 0.5) is 0 Å². The summed E-state index contributed by atoms with van der Waals surface area (Å²) < 4.78 is 0. The summed E-state index contributed by atoms with van der Waals surface area (Å²) in [5, 5.41) is 3.46. The van der Waals surface area contributed by atoms with Crippen molar-refractivity contribution in [2.24, 2.45) is 11.8 Å². The van der Waals surface area contributed by atoms with E-state index in [1.807, 2.05) is 0 Å². The monoisotopic (exact) mass is 185 g/mol. The van der Waals surface area contributed by atoms with Crippen molar-refractivity contribution in [3.8, 4) is 0 Å². The molecule has 0 saturated carbocycles. The standard InChI is InChI=1S/C12H27N/c1-5-7-8-12(9-11(3)4)10-13-6-2/h11-13H,5-10H2,1-4H3. The second-order valence-electron chi connectivity index (χ2n) is 4.45. The van der Waals surface area contributed by atoms with Gasteiger partial charge in [-0.3, -0.25) is 0 Å². The lowest BCUT2D eigenvalue weighted by molar-refractivity contribution is 0.360. The second-order valence-corrected chi connectivity index (χ2v) is 4.45. The molecule has 0 radical (unpaired) electrons. The molecule has 0 amide bonds. The first-order valence-electron chi connectivity index (χ1n) is 5.91. The molecule has 0 aliphatic heterocycles. The van der Waals surface area contributed by atoms with Gasteiger partial charge in [-0.2, -0.15) is 0 Å². The summed E-state index contributed by atoms with van der Waals surface area (Å²) in [7, 11) is 0. The van der Waals surface area contributed by atoms with E-state index in [0.717, 1.165) is 18.4 Å². The van der Waals surface area contributed by atoms with Crippen LogP contribution in [0, 0.1) is 11.8 Å². The predicted octanol–water partition coefficient (Wildman–Crippen LogP) is 3.45. The van der Waals surface area contributed by atoms with Gasteiger partial charge in [0.15, 0.2) is 0 Å². The van der Waals surface area contributed by atoms with Crippen molar-refractivity contribution in [2.45, 2.75) is 53.4 Å². The van der Waals surface area contributed by atoms with Crippen LogP contribution in [0.1, 0.15) is 53.4 Å². The molecule has 0 rings (SSSR count). The molecule has 0 bridgehead atoms. The molecule has 0 aromatic rings. The molecule has 1 nitrogen and oxygen atoms in total. The fourth-order valence-electron chi connectivity index (χ4n) is 1.81. The molecule has 1 heteroatoms. The quantitative estimate of drug-likeness (QED) is 0.611. The molecule has 13 heavy (non-hydrogen) atoms. The van der Waals surface area contributed by atoms with Gasteiger partial charge in [-0.05, 0) is 37.8 Å². The Morgan fingerprint density at radius 3 is 2.31 bits per heavy atom. The van der Waals surface area contributed by atoms with E-state index < -0.39 is 0 Å². The summed E-state index contributed by atoms with van der Waals surface area (Å²) in [6, 6.07) is 0. The van der Waals surface area contributed by atoms with Crippen molar-refractivity contribution < 1.29 is 0 Å². The first kappa shape index (κ1) is 13.0. The highest BCUT2D eigenvalue weighted by Crippen LogP contribution is 2.17. The van der Waals surface area contributed by atoms with Gasteiger partial charge in [0, 0.05) is 0 Å². The number of rotatable bonds is 8. The SMILES string of the molecule is CCCCC(CNCC)CC(C)C. The normalized spacial score (nSPS) is 13.6. The molecule has 0 spiro atoms. The largest absolute Gasteiger partial charge is 0.317 e. The highest BCUT2D eigenvalue weighted by atomic mass is 14.8. The van der Waals surface area contributed by atoms with Crippen LogP contribution in [0.15, 0.2) is 0 Å². The van der Waals surface area contributed by atoms with Crippen molar-refractivity contribution in [3.05, 3.63) is 0 Å². The number of hydrogen-bond donors (Lipinski definition) is 1. The van der Waals surface area contributed by atoms with Crippen molar-refractivity contribution in [3.63, 3.8) is 0 Å². The van der Waals surface area contributed by atoms with E-state index in [1.54, 1.807) is 0 Å². The van der Waals surface area contributed by atoms with Crippen LogP contribution in [0.2, 0.25) is 0 Å². The van der Waals surface area contributed by atoms with Gasteiger partial charge in [-0.1, -0.05) is 40.5 Å². The molecule has 0 aliphatic carbocycles. The Labute approximate surface area is 84.3 Å². The zero-order chi connectivity index (χ0) is 10.1. The van der Waals surface area contributed by atoms with Crippen LogP contribution in [0.25, 0.3) is 0 Å². The highest BCUT2D eigenvalue weighted by molar-refractivity contribution is 4.64. The Morgan fingerprint density at radius 2 is 1.85 bits per heavy atom. The van der Waals surface area contributed by atoms with E-state index >= 15 is 0 Å². The van der Waals surface area contributed by atoms with Crippen LogP contribution in [0.3, 0.4) is 0 Å². The molecule has 1 N–H and O–H groups in total. The third-order valence-corrected chi connectivity index (χ3v) is 2.45. The van der Waals surface area contributed by atoms with Gasteiger partial charge in [0.25, 0.3) is 0 Å². The lowest BCUT2D eigenvalue weighted by Gasteiger charge is -2.18. The number of hydrogen-bond acceptors (Lipinski definition) is 1. The lowest BCUT2D eigenvalue weighted by Crippen LogP contribution is -2.23. The number of unbranched alkanes of at least 4 members (excludes halogenated alkanes) is 1. The smallest absolute Gasteiger partial charge is 0.00205 e. The zero-order valence-corrected chi connectivity index (χ0v) is 9.90. The Morgan fingerprint density at radius 1 is 1.15 bits per heavy atom. The van der Waals surface area contributed by atoms with E-state index in [0.29, 0.717) is 0 Å². The summed E-state index contributed by atoms with van der Waals surface area (Å²) in [5.74, 6) is 1.75. The first-order chi connectivity index (χ1) is 6.20. The van der Waals surface area contributed by atoms with Crippen molar-refractivity contribution >= 4 is 0 Å². The van der Waals surface area contributed by atoms with Gasteiger partial charge in [0.2, 0.25) is 0 Å². The summed E-state index contributed by atoms with van der Waals surface area (Å²) in [6.45, 7) is 11.4. The minimum Gasteiger partial charge on any atom is -0.317 e. The van der Waals surface area contributed by atoms with E-state index in [9.17, 15) is 0 Å². The van der Waals surface area contributed by atoms with Crippen LogP contribution in [-0.4, -0.2) is 13.1 Å². The first-order valence-corrected chi connectivity index (χ1v) is 5.91. The zero-order valence-electron chi connectivity index (χ0n) is 9.90. The Balaban J connectivity index is 3.60.